The van der Waals surface area contributed by atoms with Gasteiger partial charge >= 0.3 is 5.97 Å². The van der Waals surface area contributed by atoms with Gasteiger partial charge in [0.1, 0.15) is 0 Å². The zero-order valence-electron chi connectivity index (χ0n) is 10.4. The summed E-state index contributed by atoms with van der Waals surface area (Å²) in [7, 11) is 0. The van der Waals surface area contributed by atoms with E-state index in [2.05, 4.69) is 15.3 Å². The number of H-pyrrole nitrogens is 1. The molecule has 2 aromatic rings. The van der Waals surface area contributed by atoms with E-state index in [9.17, 15) is 14.4 Å². The number of imidazole rings is 1. The Balaban J connectivity index is 2.24. The van der Waals surface area contributed by atoms with Gasteiger partial charge in [-0.1, -0.05) is 11.6 Å². The van der Waals surface area contributed by atoms with Crippen LogP contribution in [0, 0.1) is 0 Å². The monoisotopic (exact) mass is 308 g/mol. The lowest BCUT2D eigenvalue weighted by atomic mass is 10.2. The molecule has 0 radical (unpaired) electrons. The van der Waals surface area contributed by atoms with Crippen LogP contribution in [-0.4, -0.2) is 32.9 Å². The Morgan fingerprint density at radius 1 is 1.33 bits per heavy atom. The van der Waals surface area contributed by atoms with Gasteiger partial charge in [0.15, 0.2) is 11.4 Å². The molecule has 5 N–H and O–H groups in total. The second kappa shape index (κ2) is 5.63. The van der Waals surface area contributed by atoms with Crippen molar-refractivity contribution >= 4 is 35.1 Å². The normalized spacial score (nSPS) is 10.1. The van der Waals surface area contributed by atoms with Crippen molar-refractivity contribution in [3.63, 3.8) is 0 Å². The number of nitrogens with two attached hydrogens (primary N) is 1. The van der Waals surface area contributed by atoms with Gasteiger partial charge in [0.05, 0.1) is 16.9 Å². The maximum atomic E-state index is 11.9. The molecular formula is C12H9ClN4O4. The number of aromatic nitrogens is 2. The van der Waals surface area contributed by atoms with E-state index < -0.39 is 17.8 Å². The summed E-state index contributed by atoms with van der Waals surface area (Å²) in [4.78, 5) is 39.9. The lowest BCUT2D eigenvalue weighted by Crippen LogP contribution is -2.17. The molecule has 1 heterocycles. The number of amides is 2. The first-order valence-corrected chi connectivity index (χ1v) is 5.95. The Morgan fingerprint density at radius 3 is 2.62 bits per heavy atom. The van der Waals surface area contributed by atoms with Crippen molar-refractivity contribution in [1.29, 1.82) is 0 Å². The van der Waals surface area contributed by atoms with Gasteiger partial charge in [-0.05, 0) is 18.2 Å². The predicted molar refractivity (Wildman–Crippen MR) is 73.5 cm³/mol. The molecular weight excluding hydrogens is 300 g/mol. The topological polar surface area (TPSA) is 138 Å². The number of primary amides is 1. The predicted octanol–water partition coefficient (Wildman–Crippen LogP) is 1.11. The summed E-state index contributed by atoms with van der Waals surface area (Å²) < 4.78 is 0. The molecule has 1 aromatic heterocycles. The van der Waals surface area contributed by atoms with Crippen molar-refractivity contribution in [1.82, 2.24) is 9.97 Å². The number of hydrogen-bond donors (Lipinski definition) is 4. The molecule has 0 saturated heterocycles. The average molecular weight is 309 g/mol. The smallest absolute Gasteiger partial charge is 0.354 e. The van der Waals surface area contributed by atoms with E-state index in [4.69, 9.17) is 22.4 Å². The number of carbonyl (C=O) groups is 3. The molecule has 0 unspecified atom stereocenters. The molecule has 0 aliphatic heterocycles. The highest BCUT2D eigenvalue weighted by molar-refractivity contribution is 6.34. The molecule has 0 aliphatic rings. The van der Waals surface area contributed by atoms with Crippen LogP contribution >= 0.6 is 11.6 Å². The standard InChI is InChI=1S/C12H9ClN4O4/c13-7-3-5(1-2-6(7)10(14)18)17-11(19)8-9(12(20)21)16-4-15-8/h1-4H,(H2,14,18)(H,15,16)(H,17,19)(H,20,21). The summed E-state index contributed by atoms with van der Waals surface area (Å²) in [5.74, 6) is -2.73. The van der Waals surface area contributed by atoms with Crippen molar-refractivity contribution in [2.24, 2.45) is 5.73 Å². The summed E-state index contributed by atoms with van der Waals surface area (Å²) >= 11 is 5.85. The molecule has 21 heavy (non-hydrogen) atoms. The Bertz CT molecular complexity index is 741. The van der Waals surface area contributed by atoms with Gasteiger partial charge in [-0.3, -0.25) is 9.59 Å². The number of aromatic carboxylic acids is 1. The first kappa shape index (κ1) is 14.5. The summed E-state index contributed by atoms with van der Waals surface area (Å²) in [6.45, 7) is 0. The van der Waals surface area contributed by atoms with Crippen LogP contribution in [0.3, 0.4) is 0 Å². The molecule has 0 atom stereocenters. The number of hydrogen-bond acceptors (Lipinski definition) is 4. The maximum Gasteiger partial charge on any atom is 0.354 e. The zero-order valence-corrected chi connectivity index (χ0v) is 11.1. The van der Waals surface area contributed by atoms with E-state index in [-0.39, 0.29) is 27.7 Å². The third-order valence-electron chi connectivity index (χ3n) is 2.56. The highest BCUT2D eigenvalue weighted by Crippen LogP contribution is 2.21. The Labute approximate surface area is 122 Å². The fourth-order valence-electron chi connectivity index (χ4n) is 1.61. The van der Waals surface area contributed by atoms with Gasteiger partial charge in [-0.2, -0.15) is 0 Å². The largest absolute Gasteiger partial charge is 0.477 e. The first-order valence-electron chi connectivity index (χ1n) is 5.57. The molecule has 8 nitrogen and oxygen atoms in total. The quantitative estimate of drug-likeness (QED) is 0.670. The number of nitrogens with zero attached hydrogens (tertiary/aromatic N) is 1. The zero-order chi connectivity index (χ0) is 15.6. The van der Waals surface area contributed by atoms with E-state index in [1.807, 2.05) is 0 Å². The number of carboxylic acid groups (broad SMARTS) is 1. The minimum atomic E-state index is -1.31. The number of anilines is 1. The molecule has 2 rings (SSSR count). The van der Waals surface area contributed by atoms with Crippen molar-refractivity contribution in [2.45, 2.75) is 0 Å². The SMILES string of the molecule is NC(=O)c1ccc(NC(=O)c2nc[nH]c2C(=O)O)cc1Cl. The van der Waals surface area contributed by atoms with Crippen LogP contribution in [-0.2, 0) is 0 Å². The number of nitrogens with one attached hydrogen (secondary N) is 2. The minimum absolute atomic E-state index is 0.0702. The van der Waals surface area contributed by atoms with Crippen LogP contribution in [0.2, 0.25) is 5.02 Å². The number of halogens is 1. The second-order valence-corrected chi connectivity index (χ2v) is 4.35. The van der Waals surface area contributed by atoms with Gasteiger partial charge in [-0.15, -0.1) is 0 Å². The fourth-order valence-corrected chi connectivity index (χ4v) is 1.89. The highest BCUT2D eigenvalue weighted by atomic mass is 35.5. The second-order valence-electron chi connectivity index (χ2n) is 3.94. The van der Waals surface area contributed by atoms with E-state index in [0.717, 1.165) is 6.33 Å². The third-order valence-corrected chi connectivity index (χ3v) is 2.87. The summed E-state index contributed by atoms with van der Waals surface area (Å²) in [5, 5.41) is 11.4. The summed E-state index contributed by atoms with van der Waals surface area (Å²) in [6.07, 6.45) is 1.10. The lowest BCUT2D eigenvalue weighted by molar-refractivity contribution is 0.0686. The van der Waals surface area contributed by atoms with E-state index in [1.165, 1.54) is 18.2 Å². The molecule has 0 spiro atoms. The van der Waals surface area contributed by atoms with Gasteiger partial charge in [-0.25, -0.2) is 9.78 Å². The molecule has 108 valence electrons. The number of carboxylic acids is 1. The van der Waals surface area contributed by atoms with Crippen LogP contribution in [0.5, 0.6) is 0 Å². The Hall–Kier alpha value is -2.87. The van der Waals surface area contributed by atoms with Gasteiger partial charge in [0.25, 0.3) is 5.91 Å². The van der Waals surface area contributed by atoms with Gasteiger partial charge < -0.3 is 21.1 Å². The van der Waals surface area contributed by atoms with Gasteiger partial charge in [0.2, 0.25) is 5.91 Å². The fraction of sp³-hybridized carbons (Fsp3) is 0. The molecule has 9 heteroatoms. The summed E-state index contributed by atoms with van der Waals surface area (Å²) in [5.41, 5.74) is 4.90. The molecule has 0 fully saturated rings. The third kappa shape index (κ3) is 3.00. The first-order chi connectivity index (χ1) is 9.90. The van der Waals surface area contributed by atoms with E-state index in [1.54, 1.807) is 0 Å². The van der Waals surface area contributed by atoms with Crippen LogP contribution in [0.15, 0.2) is 24.5 Å². The maximum absolute atomic E-state index is 11.9. The van der Waals surface area contributed by atoms with Gasteiger partial charge in [0, 0.05) is 5.69 Å². The van der Waals surface area contributed by atoms with Crippen LogP contribution < -0.4 is 11.1 Å². The van der Waals surface area contributed by atoms with E-state index >= 15 is 0 Å². The molecule has 0 aliphatic carbocycles. The number of carbonyl (C=O) groups excluding carboxylic acids is 2. The minimum Gasteiger partial charge on any atom is -0.477 e. The van der Waals surface area contributed by atoms with Crippen molar-refractivity contribution in [3.8, 4) is 0 Å². The molecule has 1 aromatic carbocycles. The van der Waals surface area contributed by atoms with Crippen molar-refractivity contribution < 1.29 is 19.5 Å². The van der Waals surface area contributed by atoms with Crippen LogP contribution in [0.25, 0.3) is 0 Å². The molecule has 0 bridgehead atoms. The number of benzene rings is 1. The molecule has 0 saturated carbocycles. The van der Waals surface area contributed by atoms with Crippen molar-refractivity contribution in [2.75, 3.05) is 5.32 Å². The van der Waals surface area contributed by atoms with Crippen LogP contribution in [0.4, 0.5) is 5.69 Å². The number of aromatic amines is 1. The number of rotatable bonds is 4. The molecule has 2 amide bonds. The van der Waals surface area contributed by atoms with Crippen molar-refractivity contribution in [3.05, 3.63) is 46.5 Å². The van der Waals surface area contributed by atoms with E-state index in [0.29, 0.717) is 0 Å². The van der Waals surface area contributed by atoms with Crippen LogP contribution in [0.1, 0.15) is 31.3 Å². The lowest BCUT2D eigenvalue weighted by Gasteiger charge is -2.06. The Morgan fingerprint density at radius 2 is 2.05 bits per heavy atom. The summed E-state index contributed by atoms with van der Waals surface area (Å²) in [6, 6.07) is 4.09. The average Bonchev–Trinajstić information content (AvgIpc) is 2.87. The highest BCUT2D eigenvalue weighted by Gasteiger charge is 2.20. The Kier molecular flexibility index (Phi) is 3.90.